The van der Waals surface area contributed by atoms with Gasteiger partial charge in [-0.05, 0) is 18.1 Å². The molecule has 0 N–H and O–H groups in total. The Morgan fingerprint density at radius 3 is 2.53 bits per heavy atom. The lowest BCUT2D eigenvalue weighted by atomic mass is 10.1. The fourth-order valence-corrected chi connectivity index (χ4v) is 4.04. The van der Waals surface area contributed by atoms with Gasteiger partial charge in [-0.15, -0.1) is 0 Å². The van der Waals surface area contributed by atoms with Crippen molar-refractivity contribution in [2.75, 3.05) is 32.8 Å². The maximum Gasteiger partial charge on any atom is 0.260 e. The largest absolute Gasteiger partial charge is 0.379 e. The predicted molar refractivity (Wildman–Crippen MR) is 116 cm³/mol. The van der Waals surface area contributed by atoms with Crippen LogP contribution < -0.4 is 0 Å². The number of ether oxygens (including phenoxy) is 1. The van der Waals surface area contributed by atoms with Gasteiger partial charge in [-0.2, -0.15) is 4.98 Å². The summed E-state index contributed by atoms with van der Waals surface area (Å²) in [5.74, 6) is 1.35. The van der Waals surface area contributed by atoms with Crippen LogP contribution in [0.1, 0.15) is 11.4 Å². The molecule has 6 nitrogen and oxygen atoms in total. The van der Waals surface area contributed by atoms with Gasteiger partial charge in [0.25, 0.3) is 5.89 Å². The molecule has 0 spiro atoms. The monoisotopic (exact) mass is 402 g/mol. The Balaban J connectivity index is 1.34. The smallest absolute Gasteiger partial charge is 0.260 e. The minimum atomic E-state index is 0.597. The molecule has 1 fully saturated rings. The quantitative estimate of drug-likeness (QED) is 0.471. The molecular weight excluding hydrogens is 376 g/mol. The molecule has 5 rings (SSSR count). The van der Waals surface area contributed by atoms with Gasteiger partial charge in [0.1, 0.15) is 0 Å². The first kappa shape index (κ1) is 19.0. The molecule has 1 aliphatic heterocycles. The highest BCUT2D eigenvalue weighted by atomic mass is 16.5. The maximum atomic E-state index is 5.65. The van der Waals surface area contributed by atoms with E-state index in [1.54, 1.807) is 0 Å². The van der Waals surface area contributed by atoms with Crippen LogP contribution in [0, 0.1) is 0 Å². The fourth-order valence-electron chi connectivity index (χ4n) is 4.04. The number of hydrogen-bond donors (Lipinski definition) is 0. The third-order valence-electron chi connectivity index (χ3n) is 5.73. The number of aromatic nitrogens is 3. The first-order chi connectivity index (χ1) is 14.9. The second-order valence-electron chi connectivity index (χ2n) is 7.71. The van der Waals surface area contributed by atoms with Gasteiger partial charge in [-0.1, -0.05) is 53.7 Å². The minimum Gasteiger partial charge on any atom is -0.379 e. The molecule has 0 radical (unpaired) electrons. The van der Waals surface area contributed by atoms with Crippen LogP contribution in [0.5, 0.6) is 0 Å². The molecular formula is C24H26N4O2. The summed E-state index contributed by atoms with van der Waals surface area (Å²) >= 11 is 0. The molecule has 0 saturated carbocycles. The van der Waals surface area contributed by atoms with Crippen LogP contribution in [0.2, 0.25) is 0 Å². The zero-order chi connectivity index (χ0) is 20.2. The molecule has 6 heteroatoms. The number of hydrogen-bond acceptors (Lipinski definition) is 5. The van der Waals surface area contributed by atoms with Crippen LogP contribution in [0.25, 0.3) is 22.4 Å². The van der Waals surface area contributed by atoms with Crippen molar-refractivity contribution in [3.05, 3.63) is 72.2 Å². The standard InChI is InChI=1S/C24H26N4O2/c1-2-6-19(7-3-1)10-11-23-25-24(30-26-23)21-18-28(22-9-5-4-8-20(21)22)13-12-27-14-16-29-17-15-27/h1-9,18H,10-17H2. The number of rotatable bonds is 7. The van der Waals surface area contributed by atoms with E-state index in [2.05, 4.69) is 69.4 Å². The molecule has 0 bridgehead atoms. The highest BCUT2D eigenvalue weighted by Crippen LogP contribution is 2.29. The van der Waals surface area contributed by atoms with Gasteiger partial charge in [-0.25, -0.2) is 0 Å². The van der Waals surface area contributed by atoms with Crippen LogP contribution >= 0.6 is 0 Å². The van der Waals surface area contributed by atoms with Crippen molar-refractivity contribution in [3.63, 3.8) is 0 Å². The van der Waals surface area contributed by atoms with Gasteiger partial charge >= 0.3 is 0 Å². The minimum absolute atomic E-state index is 0.597. The summed E-state index contributed by atoms with van der Waals surface area (Å²) in [5.41, 5.74) is 3.49. The molecule has 2 aromatic heterocycles. The van der Waals surface area contributed by atoms with Crippen LogP contribution in [0.4, 0.5) is 0 Å². The van der Waals surface area contributed by atoms with Gasteiger partial charge < -0.3 is 13.8 Å². The molecule has 154 valence electrons. The number of morpholine rings is 1. The lowest BCUT2D eigenvalue weighted by molar-refractivity contribution is 0.0365. The Hall–Kier alpha value is -2.96. The summed E-state index contributed by atoms with van der Waals surface area (Å²) in [6.07, 6.45) is 3.82. The Bertz CT molecular complexity index is 1100. The molecule has 4 aromatic rings. The fraction of sp³-hybridized carbons (Fsp3) is 0.333. The van der Waals surface area contributed by atoms with E-state index in [4.69, 9.17) is 14.2 Å². The summed E-state index contributed by atoms with van der Waals surface area (Å²) < 4.78 is 13.4. The van der Waals surface area contributed by atoms with Crippen LogP contribution in [0.15, 0.2) is 65.3 Å². The molecule has 1 saturated heterocycles. The number of fused-ring (bicyclic) bond motifs is 1. The molecule has 0 aliphatic carbocycles. The lowest BCUT2D eigenvalue weighted by Gasteiger charge is -2.26. The molecule has 0 unspecified atom stereocenters. The van der Waals surface area contributed by atoms with Gasteiger partial charge in [-0.3, -0.25) is 4.90 Å². The number of benzene rings is 2. The summed E-state index contributed by atoms with van der Waals surface area (Å²) in [6.45, 7) is 5.58. The van der Waals surface area contributed by atoms with Crippen LogP contribution in [-0.4, -0.2) is 52.5 Å². The van der Waals surface area contributed by atoms with Gasteiger partial charge in [0.15, 0.2) is 5.82 Å². The molecule has 3 heterocycles. The zero-order valence-electron chi connectivity index (χ0n) is 17.0. The SMILES string of the molecule is c1ccc(CCc2noc(-c3cn(CCN4CCOCC4)c4ccccc34)n2)cc1. The second-order valence-corrected chi connectivity index (χ2v) is 7.71. The van der Waals surface area contributed by atoms with Crippen molar-refractivity contribution in [2.45, 2.75) is 19.4 Å². The van der Waals surface area contributed by atoms with Gasteiger partial charge in [0, 0.05) is 49.7 Å². The lowest BCUT2D eigenvalue weighted by Crippen LogP contribution is -2.38. The van der Waals surface area contributed by atoms with Crippen molar-refractivity contribution < 1.29 is 9.26 Å². The van der Waals surface area contributed by atoms with E-state index in [-0.39, 0.29) is 0 Å². The number of nitrogens with zero attached hydrogens (tertiary/aromatic N) is 4. The van der Waals surface area contributed by atoms with Gasteiger partial charge in [0.2, 0.25) is 0 Å². The summed E-state index contributed by atoms with van der Waals surface area (Å²) in [6, 6.07) is 18.8. The Kier molecular flexibility index (Phi) is 5.59. The van der Waals surface area contributed by atoms with Crippen molar-refractivity contribution in [3.8, 4) is 11.5 Å². The summed E-state index contributed by atoms with van der Waals surface area (Å²) in [5, 5.41) is 5.38. The normalized spacial score (nSPS) is 15.1. The Morgan fingerprint density at radius 1 is 0.867 bits per heavy atom. The maximum absolute atomic E-state index is 5.65. The number of para-hydroxylation sites is 1. The highest BCUT2D eigenvalue weighted by Gasteiger charge is 2.17. The Labute approximate surface area is 176 Å². The molecule has 0 atom stereocenters. The third kappa shape index (κ3) is 4.15. The highest BCUT2D eigenvalue weighted by molar-refractivity contribution is 5.94. The molecule has 0 amide bonds. The van der Waals surface area contributed by atoms with E-state index >= 15 is 0 Å². The first-order valence-electron chi connectivity index (χ1n) is 10.6. The zero-order valence-corrected chi connectivity index (χ0v) is 17.0. The predicted octanol–water partition coefficient (Wildman–Crippen LogP) is 3.81. The molecule has 1 aliphatic rings. The summed E-state index contributed by atoms with van der Waals surface area (Å²) in [7, 11) is 0. The topological polar surface area (TPSA) is 56.3 Å². The second kappa shape index (κ2) is 8.81. The summed E-state index contributed by atoms with van der Waals surface area (Å²) in [4.78, 5) is 7.14. The van der Waals surface area contributed by atoms with Crippen LogP contribution in [-0.2, 0) is 24.1 Å². The molecule has 2 aromatic carbocycles. The van der Waals surface area contributed by atoms with E-state index in [0.29, 0.717) is 5.89 Å². The van der Waals surface area contributed by atoms with E-state index in [9.17, 15) is 0 Å². The van der Waals surface area contributed by atoms with E-state index in [1.807, 2.05) is 6.07 Å². The van der Waals surface area contributed by atoms with E-state index in [0.717, 1.165) is 69.0 Å². The van der Waals surface area contributed by atoms with Gasteiger partial charge in [0.05, 0.1) is 18.8 Å². The first-order valence-corrected chi connectivity index (χ1v) is 10.6. The van der Waals surface area contributed by atoms with Crippen molar-refractivity contribution in [1.29, 1.82) is 0 Å². The molecule has 30 heavy (non-hydrogen) atoms. The van der Waals surface area contributed by atoms with Crippen molar-refractivity contribution in [2.24, 2.45) is 0 Å². The van der Waals surface area contributed by atoms with Crippen LogP contribution in [0.3, 0.4) is 0 Å². The average Bonchev–Trinajstić information content (AvgIpc) is 3.42. The average molecular weight is 402 g/mol. The Morgan fingerprint density at radius 2 is 1.67 bits per heavy atom. The number of aryl methyl sites for hydroxylation is 2. The third-order valence-corrected chi connectivity index (χ3v) is 5.73. The van der Waals surface area contributed by atoms with E-state index in [1.165, 1.54) is 11.1 Å². The van der Waals surface area contributed by atoms with E-state index < -0.39 is 0 Å². The van der Waals surface area contributed by atoms with Crippen molar-refractivity contribution >= 4 is 10.9 Å². The van der Waals surface area contributed by atoms with Crippen molar-refractivity contribution in [1.82, 2.24) is 19.6 Å².